The number of aromatic nitrogens is 3. The van der Waals surface area contributed by atoms with Crippen molar-refractivity contribution in [3.05, 3.63) is 41.0 Å². The first-order valence-corrected chi connectivity index (χ1v) is 9.45. The van der Waals surface area contributed by atoms with E-state index in [1.807, 2.05) is 24.4 Å². The quantitative estimate of drug-likeness (QED) is 0.757. The number of pyridine rings is 1. The molecule has 3 aromatic heterocycles. The highest BCUT2D eigenvalue weighted by molar-refractivity contribution is 7.19. The molecule has 9 heteroatoms. The number of nitrogens with zero attached hydrogens (tertiary/aromatic N) is 4. The first kappa shape index (κ1) is 16.1. The van der Waals surface area contributed by atoms with Crippen LogP contribution in [0.5, 0.6) is 0 Å². The summed E-state index contributed by atoms with van der Waals surface area (Å²) in [4.78, 5) is 19.7. The second-order valence-electron chi connectivity index (χ2n) is 5.37. The number of nitrogens with one attached hydrogen (secondary N) is 1. The van der Waals surface area contributed by atoms with Gasteiger partial charge in [-0.05, 0) is 12.1 Å². The Hall–Kier alpha value is -2.36. The van der Waals surface area contributed by atoms with Crippen LogP contribution in [0.3, 0.4) is 0 Å². The van der Waals surface area contributed by atoms with Gasteiger partial charge in [0.2, 0.25) is 5.13 Å². The number of anilines is 2. The average molecular weight is 373 g/mol. The summed E-state index contributed by atoms with van der Waals surface area (Å²) in [5, 5.41) is 12.0. The topological polar surface area (TPSA) is 80.2 Å². The molecular formula is C16H15N5O2S2. The predicted octanol–water partition coefficient (Wildman–Crippen LogP) is 2.75. The van der Waals surface area contributed by atoms with Gasteiger partial charge in [-0.25, -0.2) is 0 Å². The van der Waals surface area contributed by atoms with E-state index in [9.17, 15) is 4.79 Å². The molecule has 4 rings (SSSR count). The molecular weight excluding hydrogens is 358 g/mol. The van der Waals surface area contributed by atoms with Gasteiger partial charge in [0.05, 0.1) is 23.1 Å². The van der Waals surface area contributed by atoms with Crippen molar-refractivity contribution in [2.24, 2.45) is 0 Å². The Bertz CT molecular complexity index is 845. The molecule has 3 aromatic rings. The summed E-state index contributed by atoms with van der Waals surface area (Å²) in [5.74, 6) is -0.175. The number of thiophene rings is 1. The van der Waals surface area contributed by atoms with Gasteiger partial charge in [-0.15, -0.1) is 21.5 Å². The molecule has 1 saturated heterocycles. The molecule has 0 spiro atoms. The molecule has 0 aromatic carbocycles. The highest BCUT2D eigenvalue weighted by Gasteiger charge is 2.22. The minimum atomic E-state index is -0.175. The molecule has 25 heavy (non-hydrogen) atoms. The second-order valence-corrected chi connectivity index (χ2v) is 7.23. The fraction of sp³-hybridized carbons (Fsp3) is 0.250. The number of ether oxygens (including phenoxy) is 1. The zero-order valence-corrected chi connectivity index (χ0v) is 14.8. The fourth-order valence-corrected chi connectivity index (χ4v) is 4.18. The van der Waals surface area contributed by atoms with Crippen LogP contribution in [-0.4, -0.2) is 47.4 Å². The molecule has 0 radical (unpaired) electrons. The zero-order chi connectivity index (χ0) is 17.1. The first-order valence-electron chi connectivity index (χ1n) is 7.76. The van der Waals surface area contributed by atoms with Crippen molar-refractivity contribution in [1.29, 1.82) is 0 Å². The Morgan fingerprint density at radius 1 is 1.32 bits per heavy atom. The van der Waals surface area contributed by atoms with Crippen LogP contribution in [0.25, 0.3) is 11.1 Å². The minimum absolute atomic E-state index is 0.175. The van der Waals surface area contributed by atoms with Gasteiger partial charge in [0, 0.05) is 36.6 Å². The smallest absolute Gasteiger partial charge is 0.267 e. The molecule has 1 aliphatic rings. The molecule has 0 atom stereocenters. The van der Waals surface area contributed by atoms with Crippen LogP contribution in [0.4, 0.5) is 10.1 Å². The largest absolute Gasteiger partial charge is 0.378 e. The molecule has 1 aliphatic heterocycles. The van der Waals surface area contributed by atoms with E-state index < -0.39 is 0 Å². The SMILES string of the molecule is O=C(Nc1nncs1)c1cc(-c2cccnc2)c(N2CCOCC2)s1. The number of hydrogen-bond acceptors (Lipinski definition) is 8. The monoisotopic (exact) mass is 373 g/mol. The number of morpholine rings is 1. The maximum atomic E-state index is 12.6. The third-order valence-corrected chi connectivity index (χ3v) is 5.59. The summed E-state index contributed by atoms with van der Waals surface area (Å²) in [6, 6.07) is 5.82. The van der Waals surface area contributed by atoms with Gasteiger partial charge in [-0.1, -0.05) is 17.4 Å². The van der Waals surface area contributed by atoms with E-state index in [4.69, 9.17) is 4.74 Å². The highest BCUT2D eigenvalue weighted by atomic mass is 32.1. The van der Waals surface area contributed by atoms with Crippen molar-refractivity contribution in [2.45, 2.75) is 0 Å². The van der Waals surface area contributed by atoms with E-state index in [1.165, 1.54) is 22.7 Å². The van der Waals surface area contributed by atoms with Gasteiger partial charge < -0.3 is 9.64 Å². The van der Waals surface area contributed by atoms with Crippen LogP contribution in [0.2, 0.25) is 0 Å². The lowest BCUT2D eigenvalue weighted by Gasteiger charge is -2.28. The third kappa shape index (κ3) is 3.53. The second kappa shape index (κ2) is 7.26. The standard InChI is InChI=1S/C16H15N5O2S2/c22-14(19-16-20-18-10-24-16)13-8-12(11-2-1-3-17-9-11)15(25-13)21-4-6-23-7-5-21/h1-3,8-10H,4-7H2,(H,19,20,22). The maximum Gasteiger partial charge on any atom is 0.267 e. The Morgan fingerprint density at radius 2 is 2.20 bits per heavy atom. The summed E-state index contributed by atoms with van der Waals surface area (Å²) >= 11 is 2.77. The minimum Gasteiger partial charge on any atom is -0.378 e. The number of carbonyl (C=O) groups is 1. The number of hydrogen-bond donors (Lipinski definition) is 1. The summed E-state index contributed by atoms with van der Waals surface area (Å²) in [6.07, 6.45) is 3.56. The van der Waals surface area contributed by atoms with E-state index in [-0.39, 0.29) is 5.91 Å². The average Bonchev–Trinajstić information content (AvgIpc) is 3.33. The Morgan fingerprint density at radius 3 is 2.92 bits per heavy atom. The molecule has 128 valence electrons. The van der Waals surface area contributed by atoms with Crippen LogP contribution >= 0.6 is 22.7 Å². The molecule has 0 aliphatic carbocycles. The zero-order valence-electron chi connectivity index (χ0n) is 13.2. The lowest BCUT2D eigenvalue weighted by Crippen LogP contribution is -2.35. The van der Waals surface area contributed by atoms with Crippen LogP contribution in [0.1, 0.15) is 9.67 Å². The number of amides is 1. The third-order valence-electron chi connectivity index (χ3n) is 3.79. The molecule has 1 N–H and O–H groups in total. The molecule has 4 heterocycles. The molecule has 0 bridgehead atoms. The van der Waals surface area contributed by atoms with Crippen molar-refractivity contribution in [1.82, 2.24) is 15.2 Å². The van der Waals surface area contributed by atoms with E-state index in [1.54, 1.807) is 11.7 Å². The molecule has 0 saturated carbocycles. The Labute approximate surface area is 152 Å². The van der Waals surface area contributed by atoms with Gasteiger partial charge in [-0.3, -0.25) is 15.1 Å². The summed E-state index contributed by atoms with van der Waals surface area (Å²) in [5.41, 5.74) is 3.60. The lowest BCUT2D eigenvalue weighted by atomic mass is 10.1. The fourth-order valence-electron chi connectivity index (χ4n) is 2.61. The maximum absolute atomic E-state index is 12.6. The van der Waals surface area contributed by atoms with Crippen molar-refractivity contribution in [3.8, 4) is 11.1 Å². The van der Waals surface area contributed by atoms with E-state index >= 15 is 0 Å². The lowest BCUT2D eigenvalue weighted by molar-refractivity contribution is 0.103. The summed E-state index contributed by atoms with van der Waals surface area (Å²) < 4.78 is 5.45. The highest BCUT2D eigenvalue weighted by Crippen LogP contribution is 2.39. The van der Waals surface area contributed by atoms with E-state index in [0.717, 1.165) is 29.2 Å². The summed E-state index contributed by atoms with van der Waals surface area (Å²) in [7, 11) is 0. The van der Waals surface area contributed by atoms with Crippen molar-refractivity contribution in [2.75, 3.05) is 36.5 Å². The normalized spacial score (nSPS) is 14.5. The molecule has 0 unspecified atom stereocenters. The summed E-state index contributed by atoms with van der Waals surface area (Å²) in [6.45, 7) is 3.00. The van der Waals surface area contributed by atoms with Crippen LogP contribution in [-0.2, 0) is 4.74 Å². The van der Waals surface area contributed by atoms with E-state index in [0.29, 0.717) is 23.2 Å². The van der Waals surface area contributed by atoms with Gasteiger partial charge in [0.15, 0.2) is 0 Å². The van der Waals surface area contributed by atoms with Gasteiger partial charge in [0.1, 0.15) is 5.51 Å². The van der Waals surface area contributed by atoms with Crippen LogP contribution < -0.4 is 10.2 Å². The first-order chi connectivity index (χ1) is 12.3. The molecule has 1 amide bonds. The van der Waals surface area contributed by atoms with Gasteiger partial charge in [0.25, 0.3) is 5.91 Å². The number of rotatable bonds is 4. The van der Waals surface area contributed by atoms with Crippen LogP contribution in [0, 0.1) is 0 Å². The van der Waals surface area contributed by atoms with E-state index in [2.05, 4.69) is 25.4 Å². The van der Waals surface area contributed by atoms with Crippen LogP contribution in [0.15, 0.2) is 36.1 Å². The van der Waals surface area contributed by atoms with Gasteiger partial charge >= 0.3 is 0 Å². The Balaban J connectivity index is 1.68. The van der Waals surface area contributed by atoms with Crippen molar-refractivity contribution >= 4 is 38.7 Å². The molecule has 7 nitrogen and oxygen atoms in total. The number of carbonyl (C=O) groups excluding carboxylic acids is 1. The molecule has 1 fully saturated rings. The predicted molar refractivity (Wildman–Crippen MR) is 98.4 cm³/mol. The van der Waals surface area contributed by atoms with Crippen molar-refractivity contribution in [3.63, 3.8) is 0 Å². The Kier molecular flexibility index (Phi) is 4.68. The van der Waals surface area contributed by atoms with Gasteiger partial charge in [-0.2, -0.15) is 0 Å². The van der Waals surface area contributed by atoms with Crippen molar-refractivity contribution < 1.29 is 9.53 Å².